The standard InChI is InChI=1S/C10H13NO2.CH4O/c1-7(12)10(11)6-8-2-4-9(13)5-3-8;1-2/h2-5,10,12-13H,1,6,11H2;2H,1H3. The van der Waals surface area contributed by atoms with Gasteiger partial charge in [-0.3, -0.25) is 0 Å². The minimum Gasteiger partial charge on any atom is -0.511 e. The Labute approximate surface area is 89.3 Å². The van der Waals surface area contributed by atoms with Crippen LogP contribution < -0.4 is 5.73 Å². The molecule has 0 aliphatic carbocycles. The molecule has 1 atom stereocenters. The largest absolute Gasteiger partial charge is 0.511 e. The van der Waals surface area contributed by atoms with E-state index in [1.54, 1.807) is 24.3 Å². The molecule has 4 heteroatoms. The van der Waals surface area contributed by atoms with Crippen molar-refractivity contribution in [3.8, 4) is 5.75 Å². The number of phenolic OH excluding ortho intramolecular Hbond substituents is 1. The summed E-state index contributed by atoms with van der Waals surface area (Å²) < 4.78 is 0. The first-order chi connectivity index (χ1) is 7.09. The van der Waals surface area contributed by atoms with Crippen LogP contribution in [0.15, 0.2) is 36.6 Å². The van der Waals surface area contributed by atoms with Crippen LogP contribution in [0.1, 0.15) is 5.56 Å². The molecule has 1 rings (SSSR count). The predicted octanol–water partition coefficient (Wildman–Crippen LogP) is 0.942. The summed E-state index contributed by atoms with van der Waals surface area (Å²) in [7, 11) is 1.00. The second-order valence-corrected chi connectivity index (χ2v) is 2.97. The SMILES string of the molecule is C=C(O)C(N)Cc1ccc(O)cc1.CO. The molecule has 0 fully saturated rings. The molecule has 15 heavy (non-hydrogen) atoms. The number of aliphatic hydroxyl groups excluding tert-OH is 2. The lowest BCUT2D eigenvalue weighted by atomic mass is 10.1. The Balaban J connectivity index is 0.000000921. The molecular formula is C11H17NO3. The monoisotopic (exact) mass is 211 g/mol. The van der Waals surface area contributed by atoms with Gasteiger partial charge in [-0.25, -0.2) is 0 Å². The second-order valence-electron chi connectivity index (χ2n) is 2.97. The van der Waals surface area contributed by atoms with Crippen molar-refractivity contribution in [1.29, 1.82) is 0 Å². The molecule has 4 nitrogen and oxygen atoms in total. The van der Waals surface area contributed by atoms with Gasteiger partial charge in [0.2, 0.25) is 0 Å². The normalized spacial score (nSPS) is 11.1. The minimum absolute atomic E-state index is 0.0203. The summed E-state index contributed by atoms with van der Waals surface area (Å²) in [6.07, 6.45) is 0.523. The summed E-state index contributed by atoms with van der Waals surface area (Å²) in [6, 6.07) is 6.25. The Morgan fingerprint density at radius 1 is 1.33 bits per heavy atom. The molecule has 0 aromatic heterocycles. The van der Waals surface area contributed by atoms with Crippen LogP contribution in [0.2, 0.25) is 0 Å². The molecule has 0 saturated carbocycles. The molecule has 0 radical (unpaired) electrons. The Morgan fingerprint density at radius 3 is 2.20 bits per heavy atom. The highest BCUT2D eigenvalue weighted by atomic mass is 16.3. The Bertz CT molecular complexity index is 295. The van der Waals surface area contributed by atoms with Gasteiger partial charge in [-0.1, -0.05) is 18.7 Å². The fourth-order valence-electron chi connectivity index (χ4n) is 1.00. The zero-order chi connectivity index (χ0) is 11.8. The lowest BCUT2D eigenvalue weighted by Crippen LogP contribution is -2.24. The van der Waals surface area contributed by atoms with E-state index in [0.717, 1.165) is 12.7 Å². The third-order valence-corrected chi connectivity index (χ3v) is 1.82. The van der Waals surface area contributed by atoms with Crippen LogP contribution in [0, 0.1) is 0 Å². The highest BCUT2D eigenvalue weighted by molar-refractivity contribution is 5.27. The van der Waals surface area contributed by atoms with Crippen molar-refractivity contribution in [2.45, 2.75) is 12.5 Å². The van der Waals surface area contributed by atoms with Gasteiger partial charge >= 0.3 is 0 Å². The average molecular weight is 211 g/mol. The Morgan fingerprint density at radius 2 is 1.80 bits per heavy atom. The van der Waals surface area contributed by atoms with E-state index < -0.39 is 6.04 Å². The molecular weight excluding hydrogens is 194 g/mol. The number of aliphatic hydroxyl groups is 2. The van der Waals surface area contributed by atoms with Gasteiger partial charge in [0, 0.05) is 7.11 Å². The number of nitrogens with two attached hydrogens (primary N) is 1. The van der Waals surface area contributed by atoms with Crippen molar-refractivity contribution in [2.24, 2.45) is 5.73 Å². The van der Waals surface area contributed by atoms with Gasteiger partial charge in [0.15, 0.2) is 0 Å². The zero-order valence-electron chi connectivity index (χ0n) is 8.72. The molecule has 1 aromatic carbocycles. The predicted molar refractivity (Wildman–Crippen MR) is 59.7 cm³/mol. The van der Waals surface area contributed by atoms with Crippen LogP contribution in [0.4, 0.5) is 0 Å². The van der Waals surface area contributed by atoms with E-state index in [9.17, 15) is 0 Å². The zero-order valence-corrected chi connectivity index (χ0v) is 8.72. The maximum Gasteiger partial charge on any atom is 0.115 e. The molecule has 84 valence electrons. The van der Waals surface area contributed by atoms with Gasteiger partial charge < -0.3 is 21.1 Å². The van der Waals surface area contributed by atoms with Crippen LogP contribution in [0.25, 0.3) is 0 Å². The molecule has 0 aliphatic rings. The summed E-state index contributed by atoms with van der Waals surface area (Å²) in [6.45, 7) is 3.35. The van der Waals surface area contributed by atoms with Crippen molar-refractivity contribution in [3.63, 3.8) is 0 Å². The average Bonchev–Trinajstić information content (AvgIpc) is 2.24. The van der Waals surface area contributed by atoms with Crippen molar-refractivity contribution < 1.29 is 15.3 Å². The van der Waals surface area contributed by atoms with Crippen LogP contribution >= 0.6 is 0 Å². The van der Waals surface area contributed by atoms with E-state index in [0.29, 0.717) is 6.42 Å². The van der Waals surface area contributed by atoms with Crippen molar-refractivity contribution >= 4 is 0 Å². The molecule has 1 aromatic rings. The molecule has 5 N–H and O–H groups in total. The van der Waals surface area contributed by atoms with Crippen LogP contribution in [0.5, 0.6) is 5.75 Å². The van der Waals surface area contributed by atoms with Gasteiger partial charge in [-0.05, 0) is 24.1 Å². The second kappa shape index (κ2) is 6.86. The number of hydrogen-bond donors (Lipinski definition) is 4. The molecule has 0 bridgehead atoms. The van der Waals surface area contributed by atoms with E-state index in [2.05, 4.69) is 6.58 Å². The number of benzene rings is 1. The molecule has 0 saturated heterocycles. The fourth-order valence-corrected chi connectivity index (χ4v) is 1.00. The van der Waals surface area contributed by atoms with Crippen molar-refractivity contribution in [1.82, 2.24) is 0 Å². The van der Waals surface area contributed by atoms with Crippen LogP contribution in [0.3, 0.4) is 0 Å². The van der Waals surface area contributed by atoms with E-state index in [4.69, 9.17) is 21.1 Å². The lowest BCUT2D eigenvalue weighted by Gasteiger charge is -2.09. The number of aromatic hydroxyl groups is 1. The topological polar surface area (TPSA) is 86.7 Å². The first-order valence-corrected chi connectivity index (χ1v) is 4.45. The first-order valence-electron chi connectivity index (χ1n) is 4.45. The van der Waals surface area contributed by atoms with Gasteiger partial charge in [0.1, 0.15) is 11.5 Å². The van der Waals surface area contributed by atoms with E-state index in [1.165, 1.54) is 0 Å². The number of phenols is 1. The Kier molecular flexibility index (Phi) is 6.17. The summed E-state index contributed by atoms with van der Waals surface area (Å²) >= 11 is 0. The van der Waals surface area contributed by atoms with Crippen molar-refractivity contribution in [2.75, 3.05) is 7.11 Å². The van der Waals surface area contributed by atoms with Gasteiger partial charge in [-0.15, -0.1) is 0 Å². The first kappa shape index (κ1) is 13.5. The third-order valence-electron chi connectivity index (χ3n) is 1.82. The summed E-state index contributed by atoms with van der Waals surface area (Å²) in [5, 5.41) is 25.0. The van der Waals surface area contributed by atoms with Gasteiger partial charge in [-0.2, -0.15) is 0 Å². The van der Waals surface area contributed by atoms with Crippen LogP contribution in [-0.2, 0) is 6.42 Å². The maximum atomic E-state index is 9.00. The van der Waals surface area contributed by atoms with E-state index >= 15 is 0 Å². The van der Waals surface area contributed by atoms with E-state index in [-0.39, 0.29) is 11.5 Å². The van der Waals surface area contributed by atoms with E-state index in [1.807, 2.05) is 0 Å². The summed E-state index contributed by atoms with van der Waals surface area (Å²) in [5.41, 5.74) is 6.53. The maximum absolute atomic E-state index is 9.00. The summed E-state index contributed by atoms with van der Waals surface area (Å²) in [5.74, 6) is 0.202. The summed E-state index contributed by atoms with van der Waals surface area (Å²) in [4.78, 5) is 0. The molecule has 1 unspecified atom stereocenters. The quantitative estimate of drug-likeness (QED) is 0.560. The smallest absolute Gasteiger partial charge is 0.115 e. The highest BCUT2D eigenvalue weighted by Crippen LogP contribution is 2.11. The van der Waals surface area contributed by atoms with Crippen LogP contribution in [-0.4, -0.2) is 28.5 Å². The molecule has 0 amide bonds. The van der Waals surface area contributed by atoms with Gasteiger partial charge in [0.05, 0.1) is 6.04 Å². The molecule has 0 aliphatic heterocycles. The molecule has 0 spiro atoms. The highest BCUT2D eigenvalue weighted by Gasteiger charge is 2.06. The fraction of sp³-hybridized carbons (Fsp3) is 0.273. The minimum atomic E-state index is -0.440. The number of rotatable bonds is 3. The van der Waals surface area contributed by atoms with Gasteiger partial charge in [0.25, 0.3) is 0 Å². The third kappa shape index (κ3) is 5.05. The van der Waals surface area contributed by atoms with Crippen molar-refractivity contribution in [3.05, 3.63) is 42.2 Å². The lowest BCUT2D eigenvalue weighted by molar-refractivity contribution is 0.368. The molecule has 0 heterocycles. The Hall–Kier alpha value is -1.52. The number of hydrogen-bond acceptors (Lipinski definition) is 4.